The van der Waals surface area contributed by atoms with E-state index in [2.05, 4.69) is 22.1 Å². The van der Waals surface area contributed by atoms with Crippen LogP contribution in [-0.4, -0.2) is 46.0 Å². The molecular formula is C20H24N4O2. The number of carbonyl (C=O) groups is 2. The summed E-state index contributed by atoms with van der Waals surface area (Å²) in [6, 6.07) is 9.06. The third-order valence-electron chi connectivity index (χ3n) is 4.63. The van der Waals surface area contributed by atoms with Gasteiger partial charge in [0.15, 0.2) is 0 Å². The van der Waals surface area contributed by atoms with Gasteiger partial charge in [0.1, 0.15) is 5.69 Å². The number of rotatable bonds is 5. The molecule has 6 nitrogen and oxygen atoms in total. The SMILES string of the molecule is C=Cc1cccc(C(=O)NC2CCN(C(=O)c3cc(C(C)C)[nH]n3)C2)c1. The molecule has 2 amide bonds. The van der Waals surface area contributed by atoms with Crippen LogP contribution in [0.2, 0.25) is 0 Å². The van der Waals surface area contributed by atoms with Gasteiger partial charge in [-0.05, 0) is 36.1 Å². The first kappa shape index (κ1) is 17.9. The second kappa shape index (κ2) is 7.56. The number of aromatic nitrogens is 2. The maximum absolute atomic E-state index is 12.6. The Balaban J connectivity index is 1.60. The lowest BCUT2D eigenvalue weighted by Crippen LogP contribution is -2.38. The summed E-state index contributed by atoms with van der Waals surface area (Å²) in [6.45, 7) is 8.92. The van der Waals surface area contributed by atoms with Crippen LogP contribution in [-0.2, 0) is 0 Å². The van der Waals surface area contributed by atoms with E-state index in [9.17, 15) is 9.59 Å². The number of hydrogen-bond acceptors (Lipinski definition) is 3. The molecule has 1 unspecified atom stereocenters. The molecule has 2 aromatic rings. The predicted octanol–water partition coefficient (Wildman–Crippen LogP) is 2.82. The molecule has 1 fully saturated rings. The Kier molecular flexibility index (Phi) is 5.21. The Labute approximate surface area is 153 Å². The molecule has 2 heterocycles. The van der Waals surface area contributed by atoms with Gasteiger partial charge in [-0.2, -0.15) is 5.10 Å². The number of amides is 2. The lowest BCUT2D eigenvalue weighted by molar-refractivity contribution is 0.0777. The first-order valence-electron chi connectivity index (χ1n) is 8.86. The highest BCUT2D eigenvalue weighted by Crippen LogP contribution is 2.17. The molecule has 0 spiro atoms. The zero-order valence-corrected chi connectivity index (χ0v) is 15.2. The number of hydrogen-bond donors (Lipinski definition) is 2. The van der Waals surface area contributed by atoms with E-state index in [1.54, 1.807) is 29.2 Å². The summed E-state index contributed by atoms with van der Waals surface area (Å²) in [7, 11) is 0. The highest BCUT2D eigenvalue weighted by atomic mass is 16.2. The summed E-state index contributed by atoms with van der Waals surface area (Å²) in [6.07, 6.45) is 2.45. The van der Waals surface area contributed by atoms with E-state index in [-0.39, 0.29) is 17.9 Å². The van der Waals surface area contributed by atoms with Crippen molar-refractivity contribution in [3.63, 3.8) is 0 Å². The minimum Gasteiger partial charge on any atom is -0.347 e. The van der Waals surface area contributed by atoms with Crippen molar-refractivity contribution in [2.75, 3.05) is 13.1 Å². The minimum atomic E-state index is -0.130. The van der Waals surface area contributed by atoms with Crippen molar-refractivity contribution in [3.05, 3.63) is 59.4 Å². The number of nitrogens with zero attached hydrogens (tertiary/aromatic N) is 2. The van der Waals surface area contributed by atoms with Crippen molar-refractivity contribution >= 4 is 17.9 Å². The zero-order valence-electron chi connectivity index (χ0n) is 15.2. The molecule has 136 valence electrons. The van der Waals surface area contributed by atoms with Gasteiger partial charge in [-0.1, -0.05) is 38.6 Å². The number of carbonyl (C=O) groups excluding carboxylic acids is 2. The Hall–Kier alpha value is -2.89. The number of benzene rings is 1. The van der Waals surface area contributed by atoms with Gasteiger partial charge in [0.05, 0.1) is 0 Å². The third-order valence-corrected chi connectivity index (χ3v) is 4.63. The molecular weight excluding hydrogens is 328 g/mol. The van der Waals surface area contributed by atoms with Crippen molar-refractivity contribution in [2.24, 2.45) is 0 Å². The van der Waals surface area contributed by atoms with Crippen LogP contribution in [0, 0.1) is 0 Å². The van der Waals surface area contributed by atoms with Gasteiger partial charge in [0, 0.05) is 30.4 Å². The second-order valence-electron chi connectivity index (χ2n) is 6.90. The van der Waals surface area contributed by atoms with Gasteiger partial charge >= 0.3 is 0 Å². The number of nitrogens with one attached hydrogen (secondary N) is 2. The van der Waals surface area contributed by atoms with Crippen molar-refractivity contribution in [1.82, 2.24) is 20.4 Å². The summed E-state index contributed by atoms with van der Waals surface area (Å²) >= 11 is 0. The molecule has 2 N–H and O–H groups in total. The second-order valence-corrected chi connectivity index (χ2v) is 6.90. The summed E-state index contributed by atoms with van der Waals surface area (Å²) in [5.41, 5.74) is 2.88. The van der Waals surface area contributed by atoms with Crippen LogP contribution in [0.25, 0.3) is 6.08 Å². The summed E-state index contributed by atoms with van der Waals surface area (Å²) < 4.78 is 0. The molecule has 1 atom stereocenters. The monoisotopic (exact) mass is 352 g/mol. The zero-order chi connectivity index (χ0) is 18.7. The summed E-state index contributed by atoms with van der Waals surface area (Å²) in [5, 5.41) is 10.0. The largest absolute Gasteiger partial charge is 0.347 e. The summed E-state index contributed by atoms with van der Waals surface area (Å²) in [4.78, 5) is 26.8. The highest BCUT2D eigenvalue weighted by Gasteiger charge is 2.29. The van der Waals surface area contributed by atoms with E-state index in [0.29, 0.717) is 30.3 Å². The Morgan fingerprint density at radius 3 is 2.88 bits per heavy atom. The van der Waals surface area contributed by atoms with Crippen molar-refractivity contribution in [2.45, 2.75) is 32.2 Å². The van der Waals surface area contributed by atoms with Crippen molar-refractivity contribution in [1.29, 1.82) is 0 Å². The standard InChI is InChI=1S/C20H24N4O2/c1-4-14-6-5-7-15(10-14)19(25)21-16-8-9-24(12-16)20(26)18-11-17(13(2)3)22-23-18/h4-7,10-11,13,16H,1,8-9,12H2,2-3H3,(H,21,25)(H,22,23). The van der Waals surface area contributed by atoms with Crippen molar-refractivity contribution in [3.8, 4) is 0 Å². The van der Waals surface area contributed by atoms with Gasteiger partial charge in [-0.3, -0.25) is 14.7 Å². The minimum absolute atomic E-state index is 0.0534. The molecule has 1 aromatic heterocycles. The molecule has 0 saturated carbocycles. The Bertz CT molecular complexity index is 825. The highest BCUT2D eigenvalue weighted by molar-refractivity contribution is 5.95. The number of aromatic amines is 1. The smallest absolute Gasteiger partial charge is 0.274 e. The van der Waals surface area contributed by atoms with Gasteiger partial charge in [-0.15, -0.1) is 0 Å². The first-order chi connectivity index (χ1) is 12.5. The molecule has 6 heteroatoms. The normalized spacial score (nSPS) is 16.7. The Morgan fingerprint density at radius 1 is 1.38 bits per heavy atom. The fraction of sp³-hybridized carbons (Fsp3) is 0.350. The van der Waals surface area contributed by atoms with Gasteiger partial charge in [-0.25, -0.2) is 0 Å². The number of H-pyrrole nitrogens is 1. The van der Waals surface area contributed by atoms with Crippen LogP contribution in [0.1, 0.15) is 58.3 Å². The maximum atomic E-state index is 12.6. The summed E-state index contributed by atoms with van der Waals surface area (Å²) in [5.74, 6) is 0.0643. The fourth-order valence-corrected chi connectivity index (χ4v) is 3.04. The van der Waals surface area contributed by atoms with E-state index in [0.717, 1.165) is 17.7 Å². The van der Waals surface area contributed by atoms with E-state index < -0.39 is 0 Å². The van der Waals surface area contributed by atoms with E-state index in [1.807, 2.05) is 26.0 Å². The van der Waals surface area contributed by atoms with Crippen LogP contribution in [0.15, 0.2) is 36.9 Å². The quantitative estimate of drug-likeness (QED) is 0.868. The number of likely N-dealkylation sites (tertiary alicyclic amines) is 1. The molecule has 3 rings (SSSR count). The lowest BCUT2D eigenvalue weighted by atomic mass is 10.1. The van der Waals surface area contributed by atoms with Crippen LogP contribution in [0.4, 0.5) is 0 Å². The molecule has 1 aliphatic rings. The molecule has 1 aliphatic heterocycles. The third kappa shape index (κ3) is 3.85. The molecule has 0 bridgehead atoms. The van der Waals surface area contributed by atoms with Gasteiger partial charge < -0.3 is 10.2 Å². The van der Waals surface area contributed by atoms with Crippen molar-refractivity contribution < 1.29 is 9.59 Å². The molecule has 0 aliphatic carbocycles. The topological polar surface area (TPSA) is 78.1 Å². The molecule has 26 heavy (non-hydrogen) atoms. The van der Waals surface area contributed by atoms with Gasteiger partial charge in [0.2, 0.25) is 0 Å². The molecule has 1 aromatic carbocycles. The van der Waals surface area contributed by atoms with Crippen LogP contribution < -0.4 is 5.32 Å². The van der Waals surface area contributed by atoms with E-state index in [4.69, 9.17) is 0 Å². The lowest BCUT2D eigenvalue weighted by Gasteiger charge is -2.16. The predicted molar refractivity (Wildman–Crippen MR) is 101 cm³/mol. The van der Waals surface area contributed by atoms with Crippen LogP contribution in [0.5, 0.6) is 0 Å². The molecule has 0 radical (unpaired) electrons. The average Bonchev–Trinajstić information content (AvgIpc) is 3.31. The van der Waals surface area contributed by atoms with Crippen LogP contribution in [0.3, 0.4) is 0 Å². The van der Waals surface area contributed by atoms with Gasteiger partial charge in [0.25, 0.3) is 11.8 Å². The fourth-order valence-electron chi connectivity index (χ4n) is 3.04. The maximum Gasteiger partial charge on any atom is 0.274 e. The van der Waals surface area contributed by atoms with E-state index in [1.165, 1.54) is 0 Å². The van der Waals surface area contributed by atoms with Crippen LogP contribution >= 0.6 is 0 Å². The molecule has 1 saturated heterocycles. The van der Waals surface area contributed by atoms with E-state index >= 15 is 0 Å². The Morgan fingerprint density at radius 2 is 2.19 bits per heavy atom. The average molecular weight is 352 g/mol. The first-order valence-corrected chi connectivity index (χ1v) is 8.86.